The fraction of sp³-hybridized carbons (Fsp3) is 0.375. The van der Waals surface area contributed by atoms with E-state index in [1.165, 1.54) is 0 Å². The van der Waals surface area contributed by atoms with Crippen molar-refractivity contribution in [2.24, 2.45) is 0 Å². The zero-order chi connectivity index (χ0) is 46.8. The third kappa shape index (κ3) is 26.1. The third-order valence-corrected chi connectivity index (χ3v) is 10.2. The Kier molecular flexibility index (Phi) is 42.8. The van der Waals surface area contributed by atoms with Crippen molar-refractivity contribution in [3.8, 4) is 0 Å². The van der Waals surface area contributed by atoms with Crippen LogP contribution in [-0.4, -0.2) is 146 Å². The molecule has 6 N–H and O–H groups in total. The molecule has 0 saturated carbocycles. The van der Waals surface area contributed by atoms with Crippen LogP contribution in [0.2, 0.25) is 0 Å². The molecular weight excluding hydrogens is 1280 g/mol. The van der Waals surface area contributed by atoms with E-state index in [1.54, 1.807) is 0 Å². The molecule has 0 bridgehead atoms. The van der Waals surface area contributed by atoms with Crippen molar-refractivity contribution in [1.29, 1.82) is 0 Å². The standard InChI is InChI=1S/2C24H33N7.4BrH.2Cu.H2O2.2H2O/c2*1-28(2)22-7-10-25-19(13-22)16-31(17-20-14-23(29(3)4)8-11-26-20)18-21-15-24(30(5)6)9-12-27-21;;;;;;;1-2;;/h2*7-15H,16-18H2,1-6H3;4*1H;;;1-2H;2*1H2/q;;;;;;2*+2;;;/p-4. The van der Waals surface area contributed by atoms with Gasteiger partial charge in [0, 0.05) is 195 Å². The molecule has 0 spiro atoms. The zero-order valence-electron chi connectivity index (χ0n) is 42.9. The monoisotopic (exact) mass is 1350 g/mol. The van der Waals surface area contributed by atoms with E-state index in [0.717, 1.165) is 68.3 Å². The Morgan fingerprint density at radius 2 is 0.417 bits per heavy atom. The summed E-state index contributed by atoms with van der Waals surface area (Å²) >= 11 is 0. The summed E-state index contributed by atoms with van der Waals surface area (Å²) in [4.78, 5) is 44.9. The first-order valence-corrected chi connectivity index (χ1v) is 21.0. The van der Waals surface area contributed by atoms with E-state index in [1.807, 2.05) is 158 Å². The molecule has 6 aromatic heterocycles. The van der Waals surface area contributed by atoms with Gasteiger partial charge in [0.15, 0.2) is 0 Å². The Morgan fingerprint density at radius 3 is 0.528 bits per heavy atom. The third-order valence-electron chi connectivity index (χ3n) is 10.2. The summed E-state index contributed by atoms with van der Waals surface area (Å²) in [6, 6.07) is 25.0. The predicted molar refractivity (Wildman–Crippen MR) is 270 cm³/mol. The van der Waals surface area contributed by atoms with E-state index < -0.39 is 0 Å². The molecule has 72 heavy (non-hydrogen) atoms. The number of hydrogen-bond donors (Lipinski definition) is 2. The molecule has 0 fully saturated rings. The summed E-state index contributed by atoms with van der Waals surface area (Å²) in [5.41, 5.74) is 13.0. The molecule has 24 heteroatoms. The van der Waals surface area contributed by atoms with Crippen molar-refractivity contribution < 1.29 is 124 Å². The summed E-state index contributed by atoms with van der Waals surface area (Å²) < 4.78 is 0. The molecule has 2 radical (unpaired) electrons. The van der Waals surface area contributed by atoms with Crippen molar-refractivity contribution in [3.05, 3.63) is 144 Å². The van der Waals surface area contributed by atoms with Crippen LogP contribution in [0.1, 0.15) is 34.2 Å². The normalized spacial score (nSPS) is 9.50. The fourth-order valence-electron chi connectivity index (χ4n) is 6.69. The first-order chi connectivity index (χ1) is 30.6. The molecule has 0 atom stereocenters. The van der Waals surface area contributed by atoms with Gasteiger partial charge in [0.2, 0.25) is 0 Å². The van der Waals surface area contributed by atoms with Crippen molar-refractivity contribution in [1.82, 2.24) is 39.7 Å². The summed E-state index contributed by atoms with van der Waals surface area (Å²) in [6.07, 6.45) is 11.2. The van der Waals surface area contributed by atoms with Crippen LogP contribution >= 0.6 is 0 Å². The van der Waals surface area contributed by atoms with Gasteiger partial charge in [0.25, 0.3) is 0 Å². The van der Waals surface area contributed by atoms with Crippen LogP contribution < -0.4 is 97.3 Å². The minimum atomic E-state index is 0. The molecular formula is C48H72Br4Cu2N14O4. The maximum Gasteiger partial charge on any atom is 2.00 e. The quantitative estimate of drug-likeness (QED) is 0.0466. The molecule has 0 aliphatic rings. The van der Waals surface area contributed by atoms with E-state index in [9.17, 15) is 0 Å². The molecule has 18 nitrogen and oxygen atoms in total. The summed E-state index contributed by atoms with van der Waals surface area (Å²) in [6.45, 7) is 4.27. The van der Waals surface area contributed by atoms with E-state index in [2.05, 4.69) is 106 Å². The van der Waals surface area contributed by atoms with Crippen molar-refractivity contribution in [2.45, 2.75) is 39.3 Å². The molecule has 408 valence electrons. The van der Waals surface area contributed by atoms with Gasteiger partial charge in [-0.05, 0) is 72.8 Å². The van der Waals surface area contributed by atoms with Gasteiger partial charge in [-0.3, -0.25) is 50.2 Å². The molecule has 0 unspecified atom stereocenters. The Labute approximate surface area is 490 Å². The second-order valence-corrected chi connectivity index (χ2v) is 16.7. The average Bonchev–Trinajstić information content (AvgIpc) is 3.27. The van der Waals surface area contributed by atoms with E-state index in [4.69, 9.17) is 10.5 Å². The number of hydrogen-bond acceptors (Lipinski definition) is 16. The van der Waals surface area contributed by atoms with Gasteiger partial charge >= 0.3 is 34.1 Å². The van der Waals surface area contributed by atoms with E-state index in [-0.39, 0.29) is 113 Å². The number of anilines is 6. The van der Waals surface area contributed by atoms with E-state index >= 15 is 0 Å². The predicted octanol–water partition coefficient (Wildman–Crippen LogP) is -7.08. The molecule has 6 aromatic rings. The van der Waals surface area contributed by atoms with Crippen LogP contribution in [0.4, 0.5) is 34.1 Å². The average molecular weight is 1360 g/mol. The SMILES string of the molecule is CN(C)c1ccnc(CN(Cc2cc(N(C)C)ccn2)Cc2cc(N(C)C)ccn2)c1.CN(C)c1ccnc(CN(Cc2cc(N(C)C)ccn2)Cc2cc(N(C)C)ccn2)c1.O.O.OO.[Br-].[Br-].[Br-].[Br-].[Cu+2].[Cu+2]. The van der Waals surface area contributed by atoms with Crippen molar-refractivity contribution in [3.63, 3.8) is 0 Å². The van der Waals surface area contributed by atoms with Crippen LogP contribution in [0.5, 0.6) is 0 Å². The van der Waals surface area contributed by atoms with Crippen molar-refractivity contribution in [2.75, 3.05) is 114 Å². The maximum atomic E-state index is 6.00. The first kappa shape index (κ1) is 77.3. The molecule has 6 rings (SSSR count). The first-order valence-electron chi connectivity index (χ1n) is 21.0. The largest absolute Gasteiger partial charge is 2.00 e. The van der Waals surface area contributed by atoms with Crippen LogP contribution in [0, 0.1) is 0 Å². The van der Waals surface area contributed by atoms with Gasteiger partial charge in [-0.2, -0.15) is 0 Å². The Morgan fingerprint density at radius 1 is 0.292 bits per heavy atom. The molecule has 0 aliphatic heterocycles. The topological polar surface area (TPSA) is 207 Å². The molecule has 0 amide bonds. The van der Waals surface area contributed by atoms with Crippen LogP contribution in [0.25, 0.3) is 0 Å². The van der Waals surface area contributed by atoms with Gasteiger partial charge in [-0.25, -0.2) is 0 Å². The minimum Gasteiger partial charge on any atom is -1.00 e. The van der Waals surface area contributed by atoms with Gasteiger partial charge in [0.1, 0.15) is 0 Å². The van der Waals surface area contributed by atoms with Crippen molar-refractivity contribution >= 4 is 34.1 Å². The number of halogens is 4. The maximum absolute atomic E-state index is 6.00. The summed E-state index contributed by atoms with van der Waals surface area (Å²) in [5, 5.41) is 12.0. The number of rotatable bonds is 18. The van der Waals surface area contributed by atoms with Gasteiger partial charge < -0.3 is 108 Å². The molecule has 0 aliphatic carbocycles. The number of nitrogens with zero attached hydrogens (tertiary/aromatic N) is 14. The summed E-state index contributed by atoms with van der Waals surface area (Å²) in [5.74, 6) is 0. The zero-order valence-corrected chi connectivity index (χ0v) is 51.1. The Hall–Kier alpha value is -3.58. The number of aromatic nitrogens is 6. The van der Waals surface area contributed by atoms with Crippen LogP contribution in [0.15, 0.2) is 110 Å². The van der Waals surface area contributed by atoms with Gasteiger partial charge in [0.05, 0.1) is 34.2 Å². The second-order valence-electron chi connectivity index (χ2n) is 16.7. The van der Waals surface area contributed by atoms with Gasteiger partial charge in [-0.1, -0.05) is 0 Å². The molecule has 0 saturated heterocycles. The van der Waals surface area contributed by atoms with Crippen LogP contribution in [-0.2, 0) is 73.4 Å². The number of pyridine rings is 6. The summed E-state index contributed by atoms with van der Waals surface area (Å²) in [7, 11) is 24.6. The Bertz CT molecular complexity index is 1930. The molecule has 0 aromatic carbocycles. The van der Waals surface area contributed by atoms with Crippen LogP contribution in [0.3, 0.4) is 0 Å². The smallest absolute Gasteiger partial charge is 1.00 e. The van der Waals surface area contributed by atoms with Gasteiger partial charge in [-0.15, -0.1) is 0 Å². The molecule has 6 heterocycles. The fourth-order valence-corrected chi connectivity index (χ4v) is 6.69. The van der Waals surface area contributed by atoms with E-state index in [0.29, 0.717) is 39.3 Å². The second kappa shape index (κ2) is 39.8. The minimum absolute atomic E-state index is 0. The Balaban J connectivity index is -0.000000363.